The molecule has 2 heterocycles. The lowest BCUT2D eigenvalue weighted by Crippen LogP contribution is -2.60. The van der Waals surface area contributed by atoms with E-state index in [0.29, 0.717) is 12.8 Å². The third-order valence-electron chi connectivity index (χ3n) is 16.3. The van der Waals surface area contributed by atoms with E-state index < -0.39 is 138 Å². The van der Waals surface area contributed by atoms with Gasteiger partial charge in [-0.25, -0.2) is 26.4 Å². The normalized spacial score (nSPS) is 18.7. The monoisotopic (exact) mass is 1320 g/mol. The van der Waals surface area contributed by atoms with Gasteiger partial charge < -0.3 is 40.5 Å². The van der Waals surface area contributed by atoms with Crippen LogP contribution in [0.25, 0.3) is 0 Å². The van der Waals surface area contributed by atoms with Crippen LogP contribution in [-0.2, 0) is 61.5 Å². The molecule has 2 saturated heterocycles. The predicted octanol–water partition coefficient (Wildman–Crippen LogP) is 5.67. The molecular weight excluding hydrogens is 1220 g/mol. The Kier molecular flexibility index (Phi) is 25.2. The summed E-state index contributed by atoms with van der Waals surface area (Å²) in [5.74, 6) is -3.43. The fourth-order valence-corrected chi connectivity index (χ4v) is 12.5. The Bertz CT molecular complexity index is 3090. The molecule has 3 aromatic carbocycles. The van der Waals surface area contributed by atoms with E-state index in [-0.39, 0.29) is 63.2 Å². The van der Waals surface area contributed by atoms with Gasteiger partial charge in [-0.2, -0.15) is 8.61 Å². The largest absolute Gasteiger partial charge is 0.444 e. The minimum atomic E-state index is -3.85. The maximum absolute atomic E-state index is 15.0. The van der Waals surface area contributed by atoms with Crippen LogP contribution in [0.2, 0.25) is 0 Å². The Balaban J connectivity index is 1.38. The molecule has 2 fully saturated rings. The first-order valence-electron chi connectivity index (χ1n) is 31.2. The smallest absolute Gasteiger partial charge is 0.410 e. The number of benzene rings is 3. The summed E-state index contributed by atoms with van der Waals surface area (Å²) in [6.45, 7) is 23.6. The van der Waals surface area contributed by atoms with Crippen LogP contribution in [0.15, 0.2) is 84.9 Å². The van der Waals surface area contributed by atoms with Gasteiger partial charge in [0.25, 0.3) is 11.8 Å². The Morgan fingerprint density at radius 3 is 1.09 bits per heavy atom. The van der Waals surface area contributed by atoms with E-state index in [0.717, 1.165) is 33.4 Å². The van der Waals surface area contributed by atoms with Crippen LogP contribution in [-0.4, -0.2) is 218 Å². The highest BCUT2D eigenvalue weighted by Gasteiger charge is 2.47. The fraction of sp³-hybridized carbons (Fsp3) is 0.606. The van der Waals surface area contributed by atoms with Gasteiger partial charge in [-0.05, 0) is 127 Å². The number of rotatable bonds is 24. The zero-order chi connectivity index (χ0) is 69.2. The maximum atomic E-state index is 15.0. The maximum Gasteiger partial charge on any atom is 0.410 e. The SMILES string of the molecule is C[C@@H](C(=O)N[C@H](C(=O)N1C[C@@H](NC(=O)c2ccc(C(=O)N[C@H]3C[C@@H](CN(CCc4ccccc4)S(C)(=O)=O)N(C(=O)[C@@H](NC(=O)[C@H](C)N(C)C(=O)OC(C)(C)C)C(C)(C)C)C3)cc2)C[C@H]1CN(CCc1ccccc1)S(C)(=O)=O)C(C)(C)C)N(C)C(=O)OC(C)(C)C. The van der Waals surface area contributed by atoms with Crippen molar-refractivity contribution in [1.29, 1.82) is 0 Å². The lowest BCUT2D eigenvalue weighted by atomic mass is 9.85. The number of nitrogens with zero attached hydrogens (tertiary/aromatic N) is 6. The van der Waals surface area contributed by atoms with Crippen LogP contribution in [0.1, 0.15) is 142 Å². The van der Waals surface area contributed by atoms with E-state index >= 15 is 9.59 Å². The molecule has 0 radical (unpaired) electrons. The van der Waals surface area contributed by atoms with Crippen molar-refractivity contribution in [2.45, 2.75) is 182 Å². The number of ether oxygens (including phenoxy) is 2. The molecule has 8 amide bonds. The zero-order valence-corrected chi connectivity index (χ0v) is 58.6. The van der Waals surface area contributed by atoms with E-state index in [9.17, 15) is 45.6 Å². The highest BCUT2D eigenvalue weighted by molar-refractivity contribution is 7.88. The van der Waals surface area contributed by atoms with Gasteiger partial charge >= 0.3 is 12.2 Å². The number of hydrogen-bond acceptors (Lipinski definition) is 14. The van der Waals surface area contributed by atoms with Crippen molar-refractivity contribution in [3.63, 3.8) is 0 Å². The van der Waals surface area contributed by atoms with Gasteiger partial charge in [-0.3, -0.25) is 38.6 Å². The van der Waals surface area contributed by atoms with Crippen molar-refractivity contribution < 1.29 is 64.7 Å². The molecule has 8 atom stereocenters. The number of carbonyl (C=O) groups is 8. The lowest BCUT2D eigenvalue weighted by molar-refractivity contribution is -0.141. The number of nitrogens with one attached hydrogen (secondary N) is 4. The standard InChI is InChI=1S/C66H100N10O14S2/c1-43(71(15)61(83)89-65(9,10)11)55(77)69-53(63(3,4)5)59(81)75-39-49(37-51(75)41-73(91(17,85)86)35-33-45-25-21-19-22-26-45)67-57(79)47-29-31-48(32-30-47)58(80)68-50-38-52(42-74(92(18,87)88)36-34-46-27-23-20-24-28-46)76(40-50)60(82)54(64(6,7)8)70-56(78)44(2)72(16)62(84)90-66(12,13)14/h19-32,43-44,49-54H,33-42H2,1-18H3,(H,67,79)(H,68,80)(H,69,77)(H,70,78)/t43-,44-,49-,50-,51-,52-,53+,54+/m0/s1. The summed E-state index contributed by atoms with van der Waals surface area (Å²) in [4.78, 5) is 118. The molecule has 0 bridgehead atoms. The third-order valence-corrected chi connectivity index (χ3v) is 18.8. The summed E-state index contributed by atoms with van der Waals surface area (Å²) in [6, 6.07) is 17.0. The first-order chi connectivity index (χ1) is 42.3. The van der Waals surface area contributed by atoms with Gasteiger partial charge in [0.2, 0.25) is 43.7 Å². The Morgan fingerprint density at radius 1 is 0.511 bits per heavy atom. The minimum absolute atomic E-state index is 0.0634. The Morgan fingerprint density at radius 2 is 0.815 bits per heavy atom. The van der Waals surface area contributed by atoms with E-state index in [1.807, 2.05) is 60.7 Å². The molecule has 0 unspecified atom stereocenters. The second kappa shape index (κ2) is 30.7. The molecule has 2 aliphatic rings. The third kappa shape index (κ3) is 22.0. The first-order valence-corrected chi connectivity index (χ1v) is 34.9. The van der Waals surface area contributed by atoms with Gasteiger partial charge in [0.15, 0.2) is 0 Å². The predicted molar refractivity (Wildman–Crippen MR) is 352 cm³/mol. The molecule has 24 nitrogen and oxygen atoms in total. The molecular formula is C66H100N10O14S2. The molecule has 0 saturated carbocycles. The number of carbonyl (C=O) groups excluding carboxylic acids is 8. The topological polar surface area (TPSA) is 291 Å². The molecule has 0 aliphatic carbocycles. The van der Waals surface area contributed by atoms with E-state index in [4.69, 9.17) is 9.47 Å². The summed E-state index contributed by atoms with van der Waals surface area (Å²) < 4.78 is 67.5. The molecule has 2 aliphatic heterocycles. The average Bonchev–Trinajstić information content (AvgIpc) is 1.60. The molecule has 0 aromatic heterocycles. The lowest BCUT2D eigenvalue weighted by Gasteiger charge is -2.38. The highest BCUT2D eigenvalue weighted by atomic mass is 32.2. The van der Waals surface area contributed by atoms with Crippen LogP contribution in [0, 0.1) is 10.8 Å². The van der Waals surface area contributed by atoms with Gasteiger partial charge in [0, 0.05) is 88.7 Å². The summed E-state index contributed by atoms with van der Waals surface area (Å²) in [7, 11) is -4.87. The van der Waals surface area contributed by atoms with Gasteiger partial charge in [-0.1, -0.05) is 102 Å². The molecule has 92 heavy (non-hydrogen) atoms. The van der Waals surface area contributed by atoms with Crippen molar-refractivity contribution in [3.05, 3.63) is 107 Å². The minimum Gasteiger partial charge on any atom is -0.444 e. The van der Waals surface area contributed by atoms with Crippen LogP contribution >= 0.6 is 0 Å². The van der Waals surface area contributed by atoms with Crippen molar-refractivity contribution in [1.82, 2.24) is 49.5 Å². The van der Waals surface area contributed by atoms with E-state index in [2.05, 4.69) is 21.3 Å². The van der Waals surface area contributed by atoms with E-state index in [1.165, 1.54) is 70.6 Å². The second-order valence-corrected chi connectivity index (χ2v) is 32.5. The van der Waals surface area contributed by atoms with Crippen LogP contribution < -0.4 is 21.3 Å². The molecule has 510 valence electrons. The van der Waals surface area contributed by atoms with Crippen LogP contribution in [0.3, 0.4) is 0 Å². The summed E-state index contributed by atoms with van der Waals surface area (Å²) in [5, 5.41) is 11.7. The number of likely N-dealkylation sites (tertiary alicyclic amines) is 2. The van der Waals surface area contributed by atoms with Crippen molar-refractivity contribution >= 4 is 67.7 Å². The van der Waals surface area contributed by atoms with Crippen molar-refractivity contribution in [2.75, 3.05) is 65.9 Å². The number of sulfonamides is 2. The Labute approximate surface area is 545 Å². The summed E-state index contributed by atoms with van der Waals surface area (Å²) in [5.41, 5.74) is -1.38. The van der Waals surface area contributed by atoms with E-state index in [1.54, 1.807) is 83.1 Å². The first kappa shape index (κ1) is 75.6. The second-order valence-electron chi connectivity index (χ2n) is 28.5. The molecule has 3 aromatic rings. The fourth-order valence-electron chi connectivity index (χ4n) is 10.8. The quantitative estimate of drug-likeness (QED) is 0.0841. The number of hydrogen-bond donors (Lipinski definition) is 4. The highest BCUT2D eigenvalue weighted by Crippen LogP contribution is 2.30. The van der Waals surface area contributed by atoms with Crippen molar-refractivity contribution in [3.8, 4) is 0 Å². The van der Waals surface area contributed by atoms with Gasteiger partial charge in [0.05, 0.1) is 12.5 Å². The van der Waals surface area contributed by atoms with Crippen molar-refractivity contribution in [2.24, 2.45) is 10.8 Å². The molecule has 26 heteroatoms. The molecule has 5 rings (SSSR count). The summed E-state index contributed by atoms with van der Waals surface area (Å²) in [6.07, 6.45) is 1.72. The summed E-state index contributed by atoms with van der Waals surface area (Å²) >= 11 is 0. The van der Waals surface area contributed by atoms with Gasteiger partial charge in [0.1, 0.15) is 35.4 Å². The van der Waals surface area contributed by atoms with Crippen LogP contribution in [0.4, 0.5) is 9.59 Å². The number of amides is 8. The van der Waals surface area contributed by atoms with Crippen LogP contribution in [0.5, 0.6) is 0 Å². The molecule has 0 spiro atoms. The average molecular weight is 1320 g/mol. The Hall–Kier alpha value is -7.16. The number of likely N-dealkylation sites (N-methyl/N-ethyl adjacent to an activating group) is 2. The van der Waals surface area contributed by atoms with Gasteiger partial charge in [-0.15, -0.1) is 0 Å². The zero-order valence-electron chi connectivity index (χ0n) is 57.0. The molecule has 4 N–H and O–H groups in total.